The number of hydrogen-bond donors (Lipinski definition) is 0. The van der Waals surface area contributed by atoms with Crippen molar-refractivity contribution in [1.82, 2.24) is 4.90 Å². The highest BCUT2D eigenvalue weighted by Crippen LogP contribution is 2.19. The number of nitrogens with zero attached hydrogens (tertiary/aromatic N) is 1. The molecule has 0 saturated carbocycles. The molecule has 1 amide bonds. The lowest BCUT2D eigenvalue weighted by molar-refractivity contribution is 0.0682. The molecule has 0 aromatic heterocycles. The summed E-state index contributed by atoms with van der Waals surface area (Å²) in [4.78, 5) is 14.2. The lowest BCUT2D eigenvalue weighted by atomic mass is 9.99. The Morgan fingerprint density at radius 3 is 3.00 bits per heavy atom. The lowest BCUT2D eigenvalue weighted by Crippen LogP contribution is -2.39. The van der Waals surface area contributed by atoms with Gasteiger partial charge in [-0.1, -0.05) is 13.0 Å². The Balaban J connectivity index is 2.12. The van der Waals surface area contributed by atoms with Gasteiger partial charge >= 0.3 is 0 Å². The Morgan fingerprint density at radius 2 is 2.29 bits per heavy atom. The van der Waals surface area contributed by atoms with Crippen LogP contribution >= 0.6 is 0 Å². The molecule has 3 heteroatoms. The van der Waals surface area contributed by atoms with Crippen molar-refractivity contribution in [2.45, 2.75) is 19.8 Å². The minimum atomic E-state index is 0.121. The van der Waals surface area contributed by atoms with Crippen molar-refractivity contribution in [3.05, 3.63) is 29.8 Å². The van der Waals surface area contributed by atoms with E-state index in [1.165, 1.54) is 6.42 Å². The first-order valence-electron chi connectivity index (χ1n) is 6.14. The van der Waals surface area contributed by atoms with E-state index in [1.807, 2.05) is 29.2 Å². The molecule has 0 spiro atoms. The molecule has 3 nitrogen and oxygen atoms in total. The summed E-state index contributed by atoms with van der Waals surface area (Å²) in [5.74, 6) is 1.47. The molecule has 1 heterocycles. The quantitative estimate of drug-likeness (QED) is 0.785. The van der Waals surface area contributed by atoms with Gasteiger partial charge in [-0.2, -0.15) is 0 Å². The number of methoxy groups -OCH3 is 1. The summed E-state index contributed by atoms with van der Waals surface area (Å²) >= 11 is 0. The fourth-order valence-corrected chi connectivity index (χ4v) is 2.31. The van der Waals surface area contributed by atoms with Crippen LogP contribution in [0.25, 0.3) is 0 Å². The maximum Gasteiger partial charge on any atom is 0.253 e. The molecule has 92 valence electrons. The van der Waals surface area contributed by atoms with Gasteiger partial charge in [-0.3, -0.25) is 4.79 Å². The van der Waals surface area contributed by atoms with E-state index in [4.69, 9.17) is 4.74 Å². The highest BCUT2D eigenvalue weighted by Gasteiger charge is 2.22. The van der Waals surface area contributed by atoms with Crippen molar-refractivity contribution in [2.75, 3.05) is 20.2 Å². The number of rotatable bonds is 2. The maximum atomic E-state index is 12.3. The topological polar surface area (TPSA) is 29.5 Å². The number of carbonyl (C=O) groups excluding carboxylic acids is 1. The van der Waals surface area contributed by atoms with E-state index in [0.29, 0.717) is 5.92 Å². The average molecular weight is 233 g/mol. The monoisotopic (exact) mass is 233 g/mol. The molecular formula is C14H19NO2. The molecule has 1 aliphatic heterocycles. The smallest absolute Gasteiger partial charge is 0.253 e. The van der Waals surface area contributed by atoms with E-state index in [9.17, 15) is 4.79 Å². The van der Waals surface area contributed by atoms with E-state index < -0.39 is 0 Å². The number of hydrogen-bond acceptors (Lipinski definition) is 2. The molecule has 1 aromatic rings. The number of ether oxygens (including phenoxy) is 1. The highest BCUT2D eigenvalue weighted by molar-refractivity contribution is 5.94. The van der Waals surface area contributed by atoms with Crippen molar-refractivity contribution in [3.63, 3.8) is 0 Å². The van der Waals surface area contributed by atoms with E-state index in [1.54, 1.807) is 7.11 Å². The van der Waals surface area contributed by atoms with Crippen LogP contribution in [-0.4, -0.2) is 31.0 Å². The fraction of sp³-hybridized carbons (Fsp3) is 0.500. The minimum absolute atomic E-state index is 0.121. The standard InChI is InChI=1S/C14H19NO2/c1-11-5-4-8-15(10-11)14(16)12-6-3-7-13(9-12)17-2/h3,6-7,9,11H,4-5,8,10H2,1-2H3. The van der Waals surface area contributed by atoms with Gasteiger partial charge in [0.1, 0.15) is 5.75 Å². The third kappa shape index (κ3) is 2.78. The molecule has 1 aliphatic rings. The van der Waals surface area contributed by atoms with Crippen LogP contribution < -0.4 is 4.74 Å². The van der Waals surface area contributed by atoms with Crippen molar-refractivity contribution >= 4 is 5.91 Å². The number of piperidine rings is 1. The molecule has 1 aromatic carbocycles. The number of likely N-dealkylation sites (tertiary alicyclic amines) is 1. The second-order valence-corrected chi connectivity index (χ2v) is 4.73. The Hall–Kier alpha value is -1.51. The van der Waals surface area contributed by atoms with Gasteiger partial charge in [-0.25, -0.2) is 0 Å². The van der Waals surface area contributed by atoms with Gasteiger partial charge in [-0.05, 0) is 37.0 Å². The number of carbonyl (C=O) groups is 1. The molecule has 0 N–H and O–H groups in total. The predicted molar refractivity (Wildman–Crippen MR) is 67.3 cm³/mol. The second-order valence-electron chi connectivity index (χ2n) is 4.73. The third-order valence-electron chi connectivity index (χ3n) is 3.26. The molecule has 0 bridgehead atoms. The number of amides is 1. The van der Waals surface area contributed by atoms with Gasteiger partial charge in [-0.15, -0.1) is 0 Å². The summed E-state index contributed by atoms with van der Waals surface area (Å²) in [6, 6.07) is 7.38. The van der Waals surface area contributed by atoms with E-state index in [-0.39, 0.29) is 5.91 Å². The van der Waals surface area contributed by atoms with E-state index in [2.05, 4.69) is 6.92 Å². The van der Waals surface area contributed by atoms with Crippen LogP contribution in [0.1, 0.15) is 30.1 Å². The Morgan fingerprint density at radius 1 is 1.47 bits per heavy atom. The molecule has 17 heavy (non-hydrogen) atoms. The minimum Gasteiger partial charge on any atom is -0.497 e. The second kappa shape index (κ2) is 5.21. The Kier molecular flexibility index (Phi) is 3.67. The summed E-state index contributed by atoms with van der Waals surface area (Å²) in [6.45, 7) is 3.95. The van der Waals surface area contributed by atoms with Crippen molar-refractivity contribution in [1.29, 1.82) is 0 Å². The molecule has 2 rings (SSSR count). The maximum absolute atomic E-state index is 12.3. The SMILES string of the molecule is COc1cccc(C(=O)N2CCCC(C)C2)c1. The highest BCUT2D eigenvalue weighted by atomic mass is 16.5. The first-order chi connectivity index (χ1) is 8.20. The van der Waals surface area contributed by atoms with Crippen LogP contribution in [-0.2, 0) is 0 Å². The summed E-state index contributed by atoms with van der Waals surface area (Å²) in [7, 11) is 1.62. The molecule has 0 aliphatic carbocycles. The van der Waals surface area contributed by atoms with Crippen LogP contribution in [0.3, 0.4) is 0 Å². The van der Waals surface area contributed by atoms with Crippen molar-refractivity contribution in [3.8, 4) is 5.75 Å². The van der Waals surface area contributed by atoms with Gasteiger partial charge in [0.2, 0.25) is 0 Å². The lowest BCUT2D eigenvalue weighted by Gasteiger charge is -2.31. The zero-order valence-electron chi connectivity index (χ0n) is 10.5. The van der Waals surface area contributed by atoms with Crippen LogP contribution in [0.2, 0.25) is 0 Å². The van der Waals surface area contributed by atoms with Gasteiger partial charge in [0.15, 0.2) is 0 Å². The molecular weight excluding hydrogens is 214 g/mol. The van der Waals surface area contributed by atoms with E-state index in [0.717, 1.165) is 30.8 Å². The molecule has 1 unspecified atom stereocenters. The van der Waals surface area contributed by atoms with Gasteiger partial charge in [0, 0.05) is 18.7 Å². The summed E-state index contributed by atoms with van der Waals surface area (Å²) < 4.78 is 5.14. The molecule has 1 saturated heterocycles. The summed E-state index contributed by atoms with van der Waals surface area (Å²) in [6.07, 6.45) is 2.33. The summed E-state index contributed by atoms with van der Waals surface area (Å²) in [5, 5.41) is 0. The zero-order chi connectivity index (χ0) is 12.3. The predicted octanol–water partition coefficient (Wildman–Crippen LogP) is 2.57. The molecule has 1 fully saturated rings. The zero-order valence-corrected chi connectivity index (χ0v) is 10.5. The average Bonchev–Trinajstić information content (AvgIpc) is 2.38. The van der Waals surface area contributed by atoms with Crippen LogP contribution in [0, 0.1) is 5.92 Å². The third-order valence-corrected chi connectivity index (χ3v) is 3.26. The molecule has 0 radical (unpaired) electrons. The van der Waals surface area contributed by atoms with Crippen molar-refractivity contribution < 1.29 is 9.53 Å². The summed E-state index contributed by atoms with van der Waals surface area (Å²) in [5.41, 5.74) is 0.721. The Bertz CT molecular complexity index is 403. The van der Waals surface area contributed by atoms with Gasteiger partial charge in [0.25, 0.3) is 5.91 Å². The van der Waals surface area contributed by atoms with Crippen LogP contribution in [0.4, 0.5) is 0 Å². The molecule has 1 atom stereocenters. The van der Waals surface area contributed by atoms with Gasteiger partial charge < -0.3 is 9.64 Å². The van der Waals surface area contributed by atoms with Crippen molar-refractivity contribution in [2.24, 2.45) is 5.92 Å². The van der Waals surface area contributed by atoms with Gasteiger partial charge in [0.05, 0.1) is 7.11 Å². The Labute approximate surface area is 102 Å². The van der Waals surface area contributed by atoms with E-state index >= 15 is 0 Å². The largest absolute Gasteiger partial charge is 0.497 e. The van der Waals surface area contributed by atoms with Crippen LogP contribution in [0.15, 0.2) is 24.3 Å². The fourth-order valence-electron chi connectivity index (χ4n) is 2.31. The first kappa shape index (κ1) is 12.0. The first-order valence-corrected chi connectivity index (χ1v) is 6.14. The normalized spacial score (nSPS) is 20.1. The number of benzene rings is 1. The van der Waals surface area contributed by atoms with Crippen LogP contribution in [0.5, 0.6) is 5.75 Å².